The van der Waals surface area contributed by atoms with Gasteiger partial charge in [0.15, 0.2) is 0 Å². The van der Waals surface area contributed by atoms with Crippen molar-refractivity contribution < 1.29 is 0 Å². The second kappa shape index (κ2) is 3.87. The van der Waals surface area contributed by atoms with Crippen LogP contribution in [0.25, 0.3) is 0 Å². The first-order valence-corrected chi connectivity index (χ1v) is 7.19. The summed E-state index contributed by atoms with van der Waals surface area (Å²) in [4.78, 5) is 0. The fourth-order valence-electron chi connectivity index (χ4n) is 2.67. The number of aryl methyl sites for hydroxylation is 1. The van der Waals surface area contributed by atoms with Crippen molar-refractivity contribution in [1.82, 2.24) is 0 Å². The van der Waals surface area contributed by atoms with E-state index in [9.17, 15) is 0 Å². The Balaban J connectivity index is 2.52. The van der Waals surface area contributed by atoms with Crippen molar-refractivity contribution in [3.05, 3.63) is 34.9 Å². The Labute approximate surface area is 108 Å². The van der Waals surface area contributed by atoms with Crippen molar-refractivity contribution >= 4 is 15.9 Å². The molecule has 0 radical (unpaired) electrons. The van der Waals surface area contributed by atoms with Gasteiger partial charge in [0.25, 0.3) is 0 Å². The molecule has 0 saturated carbocycles. The lowest BCUT2D eigenvalue weighted by molar-refractivity contribution is 0.165. The quantitative estimate of drug-likeness (QED) is 0.647. The average Bonchev–Trinajstić information content (AvgIpc) is 2.24. The molecular weight excluding hydrogens is 260 g/mol. The van der Waals surface area contributed by atoms with Gasteiger partial charge in [-0.25, -0.2) is 0 Å². The van der Waals surface area contributed by atoms with Gasteiger partial charge in [0, 0.05) is 5.33 Å². The molecule has 1 aliphatic carbocycles. The van der Waals surface area contributed by atoms with Crippen LogP contribution in [0.4, 0.5) is 0 Å². The summed E-state index contributed by atoms with van der Waals surface area (Å²) in [6, 6.07) is 6.98. The van der Waals surface area contributed by atoms with E-state index >= 15 is 0 Å². The molecule has 0 fully saturated rings. The number of fused-ring (bicyclic) bond motifs is 1. The van der Waals surface area contributed by atoms with Gasteiger partial charge in [0.1, 0.15) is 0 Å². The molecule has 0 saturated heterocycles. The SMILES string of the molecule is CC1(C)CCc2cc(CBr)ccc2C1(C)C. The highest BCUT2D eigenvalue weighted by molar-refractivity contribution is 9.08. The minimum atomic E-state index is 0.283. The van der Waals surface area contributed by atoms with Gasteiger partial charge >= 0.3 is 0 Å². The third-order valence-corrected chi connectivity index (χ3v) is 5.36. The molecule has 0 atom stereocenters. The fourth-order valence-corrected chi connectivity index (χ4v) is 3.02. The number of hydrogen-bond donors (Lipinski definition) is 0. The van der Waals surface area contributed by atoms with Gasteiger partial charge in [0.2, 0.25) is 0 Å². The maximum absolute atomic E-state index is 3.54. The zero-order chi connectivity index (χ0) is 12.0. The molecular formula is C15H21Br. The summed E-state index contributed by atoms with van der Waals surface area (Å²) < 4.78 is 0. The zero-order valence-electron chi connectivity index (χ0n) is 10.7. The third kappa shape index (κ3) is 1.73. The van der Waals surface area contributed by atoms with Crippen LogP contribution in [0.2, 0.25) is 0 Å². The standard InChI is InChI=1S/C15H21Br/c1-14(2)8-7-12-9-11(10-16)5-6-13(12)15(14,3)4/h5-6,9H,7-8,10H2,1-4H3. The monoisotopic (exact) mass is 280 g/mol. The van der Waals surface area contributed by atoms with Gasteiger partial charge < -0.3 is 0 Å². The molecule has 0 unspecified atom stereocenters. The van der Waals surface area contributed by atoms with Crippen molar-refractivity contribution in [3.63, 3.8) is 0 Å². The normalized spacial score (nSPS) is 21.6. The Bertz CT molecular complexity index is 402. The fraction of sp³-hybridized carbons (Fsp3) is 0.600. The summed E-state index contributed by atoms with van der Waals surface area (Å²) in [7, 11) is 0. The van der Waals surface area contributed by atoms with Crippen LogP contribution in [0.3, 0.4) is 0 Å². The minimum absolute atomic E-state index is 0.283. The molecule has 1 heteroatoms. The molecule has 1 aromatic rings. The molecule has 88 valence electrons. The molecule has 0 amide bonds. The molecule has 0 heterocycles. The summed E-state index contributed by atoms with van der Waals surface area (Å²) in [5, 5.41) is 0.962. The van der Waals surface area contributed by atoms with Gasteiger partial charge in [-0.1, -0.05) is 61.8 Å². The predicted molar refractivity (Wildman–Crippen MR) is 74.2 cm³/mol. The van der Waals surface area contributed by atoms with Crippen molar-refractivity contribution in [2.75, 3.05) is 0 Å². The van der Waals surface area contributed by atoms with E-state index in [-0.39, 0.29) is 5.41 Å². The topological polar surface area (TPSA) is 0 Å². The Kier molecular flexibility index (Phi) is 2.94. The zero-order valence-corrected chi connectivity index (χ0v) is 12.3. The summed E-state index contributed by atoms with van der Waals surface area (Å²) in [6.45, 7) is 9.57. The van der Waals surface area contributed by atoms with Crippen molar-refractivity contribution in [2.24, 2.45) is 5.41 Å². The molecule has 1 aromatic carbocycles. The molecule has 2 rings (SSSR count). The van der Waals surface area contributed by atoms with Crippen molar-refractivity contribution in [1.29, 1.82) is 0 Å². The van der Waals surface area contributed by atoms with Crippen molar-refractivity contribution in [2.45, 2.75) is 51.3 Å². The third-order valence-electron chi connectivity index (χ3n) is 4.71. The van der Waals surface area contributed by atoms with Crippen LogP contribution >= 0.6 is 15.9 Å². The maximum atomic E-state index is 3.54. The predicted octanol–water partition coefficient (Wildman–Crippen LogP) is 4.83. The largest absolute Gasteiger partial charge is 0.0876 e. The smallest absolute Gasteiger partial charge is 0.0283 e. The van der Waals surface area contributed by atoms with E-state index < -0.39 is 0 Å². The summed E-state index contributed by atoms with van der Waals surface area (Å²) in [6.07, 6.45) is 2.52. The number of halogens is 1. The average molecular weight is 281 g/mol. The molecule has 1 aliphatic rings. The molecule has 0 spiro atoms. The van der Waals surface area contributed by atoms with Crippen LogP contribution in [0, 0.1) is 5.41 Å². The number of benzene rings is 1. The highest BCUT2D eigenvalue weighted by Crippen LogP contribution is 2.49. The second-order valence-electron chi connectivity index (χ2n) is 6.13. The number of hydrogen-bond acceptors (Lipinski definition) is 0. The van der Waals surface area contributed by atoms with E-state index in [4.69, 9.17) is 0 Å². The Morgan fingerprint density at radius 1 is 1.19 bits per heavy atom. The number of rotatable bonds is 1. The lowest BCUT2D eigenvalue weighted by Gasteiger charge is -2.47. The van der Waals surface area contributed by atoms with E-state index in [0.29, 0.717) is 5.41 Å². The van der Waals surface area contributed by atoms with Gasteiger partial charge in [0.05, 0.1) is 0 Å². The van der Waals surface area contributed by atoms with E-state index in [0.717, 1.165) is 5.33 Å². The van der Waals surface area contributed by atoms with Gasteiger partial charge in [-0.3, -0.25) is 0 Å². The van der Waals surface area contributed by atoms with E-state index in [1.807, 2.05) is 0 Å². The van der Waals surface area contributed by atoms with Crippen LogP contribution in [-0.2, 0) is 17.2 Å². The molecule has 0 aliphatic heterocycles. The summed E-state index contributed by atoms with van der Waals surface area (Å²) >= 11 is 3.54. The van der Waals surface area contributed by atoms with Gasteiger partial charge in [-0.05, 0) is 40.4 Å². The molecule has 0 nitrogen and oxygen atoms in total. The Morgan fingerprint density at radius 2 is 1.88 bits per heavy atom. The molecule has 0 aromatic heterocycles. The first kappa shape index (κ1) is 12.2. The van der Waals surface area contributed by atoms with Crippen LogP contribution < -0.4 is 0 Å². The first-order chi connectivity index (χ1) is 7.38. The van der Waals surface area contributed by atoms with Crippen LogP contribution in [0.15, 0.2) is 18.2 Å². The highest BCUT2D eigenvalue weighted by Gasteiger charge is 2.42. The van der Waals surface area contributed by atoms with Gasteiger partial charge in [-0.2, -0.15) is 0 Å². The molecule has 16 heavy (non-hydrogen) atoms. The Hall–Kier alpha value is -0.300. The lowest BCUT2D eigenvalue weighted by atomic mass is 9.57. The minimum Gasteiger partial charge on any atom is -0.0876 e. The Morgan fingerprint density at radius 3 is 2.50 bits per heavy atom. The van der Waals surface area contributed by atoms with Crippen LogP contribution in [-0.4, -0.2) is 0 Å². The first-order valence-electron chi connectivity index (χ1n) is 6.07. The van der Waals surface area contributed by atoms with Crippen LogP contribution in [0.5, 0.6) is 0 Å². The summed E-state index contributed by atoms with van der Waals surface area (Å²) in [5.41, 5.74) is 5.19. The lowest BCUT2D eigenvalue weighted by Crippen LogP contribution is -2.41. The van der Waals surface area contributed by atoms with E-state index in [1.165, 1.54) is 18.4 Å². The molecule has 0 bridgehead atoms. The van der Waals surface area contributed by atoms with Gasteiger partial charge in [-0.15, -0.1) is 0 Å². The molecule has 0 N–H and O–H groups in total. The van der Waals surface area contributed by atoms with E-state index in [1.54, 1.807) is 11.1 Å². The van der Waals surface area contributed by atoms with E-state index in [2.05, 4.69) is 61.8 Å². The highest BCUT2D eigenvalue weighted by atomic mass is 79.9. The maximum Gasteiger partial charge on any atom is 0.0283 e. The summed E-state index contributed by atoms with van der Waals surface area (Å²) in [5.74, 6) is 0. The van der Waals surface area contributed by atoms with Crippen molar-refractivity contribution in [3.8, 4) is 0 Å². The van der Waals surface area contributed by atoms with Crippen LogP contribution in [0.1, 0.15) is 50.8 Å². The number of alkyl halides is 1. The second-order valence-corrected chi connectivity index (χ2v) is 6.69.